The van der Waals surface area contributed by atoms with Crippen molar-refractivity contribution >= 4 is 0 Å². The van der Waals surface area contributed by atoms with Crippen LogP contribution in [0.2, 0.25) is 0 Å². The Morgan fingerprint density at radius 1 is 1.50 bits per heavy atom. The first kappa shape index (κ1) is 10.0. The van der Waals surface area contributed by atoms with E-state index in [4.69, 9.17) is 0 Å². The molecule has 1 rings (SSSR count). The molecule has 2 unspecified atom stereocenters. The first-order valence-corrected chi connectivity index (χ1v) is 5.28. The zero-order valence-corrected chi connectivity index (χ0v) is 8.40. The van der Waals surface area contributed by atoms with Crippen molar-refractivity contribution in [2.45, 2.75) is 39.2 Å². The molecule has 1 aliphatic heterocycles. The van der Waals surface area contributed by atoms with Gasteiger partial charge < -0.3 is 10.6 Å². The average Bonchev–Trinajstić information content (AvgIpc) is 2.46. The maximum atomic E-state index is 3.52. The normalized spacial score (nSPS) is 29.5. The standard InChI is InChI=1S/C10H22N2/c1-3-4-6-11-8-10-9(2)5-7-12-10/h9-12H,3-8H2,1-2H3. The average molecular weight is 170 g/mol. The number of nitrogens with one attached hydrogen (secondary N) is 2. The van der Waals surface area contributed by atoms with Crippen molar-refractivity contribution in [3.8, 4) is 0 Å². The molecule has 0 aromatic heterocycles. The highest BCUT2D eigenvalue weighted by Gasteiger charge is 2.21. The van der Waals surface area contributed by atoms with Crippen molar-refractivity contribution in [3.05, 3.63) is 0 Å². The minimum atomic E-state index is 0.724. The Bertz CT molecular complexity index is 114. The van der Waals surface area contributed by atoms with Crippen LogP contribution in [-0.2, 0) is 0 Å². The second kappa shape index (κ2) is 5.55. The van der Waals surface area contributed by atoms with E-state index in [2.05, 4.69) is 24.5 Å². The molecule has 0 aromatic carbocycles. The highest BCUT2D eigenvalue weighted by atomic mass is 15.0. The van der Waals surface area contributed by atoms with E-state index in [1.165, 1.54) is 32.4 Å². The van der Waals surface area contributed by atoms with Gasteiger partial charge in [-0.2, -0.15) is 0 Å². The molecule has 1 saturated heterocycles. The molecule has 1 heterocycles. The van der Waals surface area contributed by atoms with Gasteiger partial charge in [0.1, 0.15) is 0 Å². The maximum Gasteiger partial charge on any atom is 0.0218 e. The Kier molecular flexibility index (Phi) is 4.62. The molecule has 0 aromatic rings. The zero-order chi connectivity index (χ0) is 8.81. The molecule has 2 heteroatoms. The van der Waals surface area contributed by atoms with Crippen molar-refractivity contribution in [2.75, 3.05) is 19.6 Å². The first-order valence-electron chi connectivity index (χ1n) is 5.28. The van der Waals surface area contributed by atoms with Gasteiger partial charge in [-0.05, 0) is 31.8 Å². The van der Waals surface area contributed by atoms with Crippen molar-refractivity contribution < 1.29 is 0 Å². The SMILES string of the molecule is CCCCNCC1NCCC1C. The minimum Gasteiger partial charge on any atom is -0.315 e. The van der Waals surface area contributed by atoms with Gasteiger partial charge in [-0.1, -0.05) is 20.3 Å². The summed E-state index contributed by atoms with van der Waals surface area (Å²) < 4.78 is 0. The molecular weight excluding hydrogens is 148 g/mol. The Hall–Kier alpha value is -0.0800. The molecule has 0 aliphatic carbocycles. The van der Waals surface area contributed by atoms with Crippen LogP contribution in [0, 0.1) is 5.92 Å². The van der Waals surface area contributed by atoms with E-state index in [0.717, 1.165) is 18.5 Å². The predicted molar refractivity (Wildman–Crippen MR) is 53.3 cm³/mol. The Balaban J connectivity index is 1.98. The van der Waals surface area contributed by atoms with E-state index in [0.29, 0.717) is 0 Å². The lowest BCUT2D eigenvalue weighted by Crippen LogP contribution is -2.37. The van der Waals surface area contributed by atoms with Gasteiger partial charge in [0, 0.05) is 12.6 Å². The van der Waals surface area contributed by atoms with E-state index in [9.17, 15) is 0 Å². The molecule has 0 radical (unpaired) electrons. The smallest absolute Gasteiger partial charge is 0.0218 e. The van der Waals surface area contributed by atoms with Gasteiger partial charge in [0.25, 0.3) is 0 Å². The van der Waals surface area contributed by atoms with Gasteiger partial charge in [-0.15, -0.1) is 0 Å². The highest BCUT2D eigenvalue weighted by molar-refractivity contribution is 4.82. The lowest BCUT2D eigenvalue weighted by Gasteiger charge is -2.15. The van der Waals surface area contributed by atoms with Gasteiger partial charge in [-0.25, -0.2) is 0 Å². The molecule has 12 heavy (non-hydrogen) atoms. The third-order valence-corrected chi connectivity index (χ3v) is 2.76. The molecule has 0 bridgehead atoms. The third kappa shape index (κ3) is 3.11. The van der Waals surface area contributed by atoms with Crippen LogP contribution in [0.3, 0.4) is 0 Å². The molecule has 1 fully saturated rings. The van der Waals surface area contributed by atoms with Gasteiger partial charge >= 0.3 is 0 Å². The second-order valence-corrected chi connectivity index (χ2v) is 3.88. The summed E-state index contributed by atoms with van der Waals surface area (Å²) in [5.74, 6) is 0.860. The number of rotatable bonds is 5. The van der Waals surface area contributed by atoms with Crippen LogP contribution in [0.25, 0.3) is 0 Å². The molecule has 2 N–H and O–H groups in total. The van der Waals surface area contributed by atoms with Gasteiger partial charge in [0.15, 0.2) is 0 Å². The van der Waals surface area contributed by atoms with Gasteiger partial charge in [0.2, 0.25) is 0 Å². The van der Waals surface area contributed by atoms with Gasteiger partial charge in [0.05, 0.1) is 0 Å². The molecule has 0 amide bonds. The van der Waals surface area contributed by atoms with E-state index in [-0.39, 0.29) is 0 Å². The summed E-state index contributed by atoms with van der Waals surface area (Å²) in [4.78, 5) is 0. The van der Waals surface area contributed by atoms with Crippen LogP contribution in [0.5, 0.6) is 0 Å². The zero-order valence-electron chi connectivity index (χ0n) is 8.40. The lowest BCUT2D eigenvalue weighted by molar-refractivity contribution is 0.446. The maximum absolute atomic E-state index is 3.52. The van der Waals surface area contributed by atoms with Crippen LogP contribution in [-0.4, -0.2) is 25.7 Å². The third-order valence-electron chi connectivity index (χ3n) is 2.76. The van der Waals surface area contributed by atoms with E-state index in [1.807, 2.05) is 0 Å². The molecule has 2 atom stereocenters. The fourth-order valence-electron chi connectivity index (χ4n) is 1.73. The summed E-state index contributed by atoms with van der Waals surface area (Å²) in [7, 11) is 0. The van der Waals surface area contributed by atoms with Crippen molar-refractivity contribution in [3.63, 3.8) is 0 Å². The molecule has 0 saturated carbocycles. The number of hydrogen-bond acceptors (Lipinski definition) is 2. The monoisotopic (exact) mass is 170 g/mol. The quantitative estimate of drug-likeness (QED) is 0.609. The summed E-state index contributed by atoms with van der Waals surface area (Å²) in [6, 6.07) is 0.724. The summed E-state index contributed by atoms with van der Waals surface area (Å²) in [6.45, 7) is 8.12. The van der Waals surface area contributed by atoms with Crippen molar-refractivity contribution in [1.82, 2.24) is 10.6 Å². The fraction of sp³-hybridized carbons (Fsp3) is 1.00. The Morgan fingerprint density at radius 2 is 2.33 bits per heavy atom. The van der Waals surface area contributed by atoms with Gasteiger partial charge in [-0.3, -0.25) is 0 Å². The predicted octanol–water partition coefficient (Wildman–Crippen LogP) is 1.37. The Labute approximate surface area is 76.1 Å². The fourth-order valence-corrected chi connectivity index (χ4v) is 1.73. The molecular formula is C10H22N2. The van der Waals surface area contributed by atoms with E-state index >= 15 is 0 Å². The van der Waals surface area contributed by atoms with E-state index < -0.39 is 0 Å². The molecule has 2 nitrogen and oxygen atoms in total. The lowest BCUT2D eigenvalue weighted by atomic mass is 10.0. The largest absolute Gasteiger partial charge is 0.315 e. The van der Waals surface area contributed by atoms with Crippen LogP contribution in [0.1, 0.15) is 33.1 Å². The summed E-state index contributed by atoms with van der Waals surface area (Å²) in [5, 5.41) is 7.02. The van der Waals surface area contributed by atoms with E-state index in [1.54, 1.807) is 0 Å². The van der Waals surface area contributed by atoms with Crippen LogP contribution < -0.4 is 10.6 Å². The topological polar surface area (TPSA) is 24.1 Å². The van der Waals surface area contributed by atoms with Crippen LogP contribution in [0.15, 0.2) is 0 Å². The number of hydrogen-bond donors (Lipinski definition) is 2. The van der Waals surface area contributed by atoms with Crippen molar-refractivity contribution in [2.24, 2.45) is 5.92 Å². The first-order chi connectivity index (χ1) is 5.84. The van der Waals surface area contributed by atoms with Crippen LogP contribution in [0.4, 0.5) is 0 Å². The molecule has 72 valence electrons. The molecule has 1 aliphatic rings. The molecule has 0 spiro atoms. The summed E-state index contributed by atoms with van der Waals surface area (Å²) in [6.07, 6.45) is 3.95. The number of unbranched alkanes of at least 4 members (excludes halogenated alkanes) is 1. The highest BCUT2D eigenvalue weighted by Crippen LogP contribution is 2.12. The van der Waals surface area contributed by atoms with Crippen molar-refractivity contribution in [1.29, 1.82) is 0 Å². The Morgan fingerprint density at radius 3 is 2.92 bits per heavy atom. The minimum absolute atomic E-state index is 0.724. The summed E-state index contributed by atoms with van der Waals surface area (Å²) in [5.41, 5.74) is 0. The summed E-state index contributed by atoms with van der Waals surface area (Å²) >= 11 is 0. The second-order valence-electron chi connectivity index (χ2n) is 3.88. The van der Waals surface area contributed by atoms with Crippen LogP contribution >= 0.6 is 0 Å².